The second kappa shape index (κ2) is 6.22. The Morgan fingerprint density at radius 1 is 1.00 bits per heavy atom. The third-order valence-electron chi connectivity index (χ3n) is 4.38. The highest BCUT2D eigenvalue weighted by Gasteiger charge is 2.25. The molecule has 0 radical (unpaired) electrons. The zero-order valence-corrected chi connectivity index (χ0v) is 12.3. The Hall–Kier alpha value is -0.940. The van der Waals surface area contributed by atoms with Crippen molar-refractivity contribution < 1.29 is 5.11 Å². The summed E-state index contributed by atoms with van der Waals surface area (Å²) in [5.74, 6) is 0. The van der Waals surface area contributed by atoms with Gasteiger partial charge in [0.2, 0.25) is 0 Å². The molecule has 3 rings (SSSR count). The number of benzene rings is 1. The van der Waals surface area contributed by atoms with Gasteiger partial charge in [-0.15, -0.1) is 0 Å². The van der Waals surface area contributed by atoms with E-state index < -0.39 is 0 Å². The molecule has 4 heteroatoms. The van der Waals surface area contributed by atoms with Crippen molar-refractivity contribution in [2.24, 2.45) is 0 Å². The van der Waals surface area contributed by atoms with Gasteiger partial charge in [-0.25, -0.2) is 10.0 Å². The molecule has 1 fully saturated rings. The van der Waals surface area contributed by atoms with E-state index in [1.54, 1.807) is 0 Å². The van der Waals surface area contributed by atoms with E-state index in [0.717, 1.165) is 52.2 Å². The molecule has 4 nitrogen and oxygen atoms in total. The fraction of sp³-hybridized carbons (Fsp3) is 0.625. The van der Waals surface area contributed by atoms with Crippen molar-refractivity contribution in [2.75, 3.05) is 39.3 Å². The largest absolute Gasteiger partial charge is 0.392 e. The highest BCUT2D eigenvalue weighted by Crippen LogP contribution is 2.20. The molecule has 2 aliphatic heterocycles. The zero-order valence-electron chi connectivity index (χ0n) is 12.3. The number of hydrogen-bond acceptors (Lipinski definition) is 4. The van der Waals surface area contributed by atoms with E-state index in [4.69, 9.17) is 0 Å². The average molecular weight is 275 g/mol. The molecule has 2 aliphatic rings. The Balaban J connectivity index is 1.55. The van der Waals surface area contributed by atoms with E-state index in [9.17, 15) is 5.11 Å². The summed E-state index contributed by atoms with van der Waals surface area (Å²) in [5, 5.41) is 14.5. The molecule has 1 unspecified atom stereocenters. The molecule has 0 bridgehead atoms. The van der Waals surface area contributed by atoms with Crippen molar-refractivity contribution in [3.63, 3.8) is 0 Å². The lowest BCUT2D eigenvalue weighted by Crippen LogP contribution is -2.55. The second-order valence-corrected chi connectivity index (χ2v) is 6.01. The van der Waals surface area contributed by atoms with E-state index in [0.29, 0.717) is 0 Å². The second-order valence-electron chi connectivity index (χ2n) is 6.01. The van der Waals surface area contributed by atoms with Gasteiger partial charge in [-0.05, 0) is 24.5 Å². The van der Waals surface area contributed by atoms with Crippen LogP contribution in [0.4, 0.5) is 0 Å². The van der Waals surface area contributed by atoms with Gasteiger partial charge in [-0.2, -0.15) is 0 Å². The Labute approximate surface area is 121 Å². The van der Waals surface area contributed by atoms with Crippen LogP contribution >= 0.6 is 0 Å². The first-order chi connectivity index (χ1) is 9.72. The molecule has 2 heterocycles. The number of rotatable bonds is 3. The molecule has 0 saturated carbocycles. The number of β-amino-alcohol motifs (C(OH)–C–C–N with tert-alkyl or cyclic N) is 1. The predicted octanol–water partition coefficient (Wildman–Crippen LogP) is 0.958. The van der Waals surface area contributed by atoms with Gasteiger partial charge in [0.25, 0.3) is 0 Å². The van der Waals surface area contributed by atoms with E-state index >= 15 is 0 Å². The zero-order chi connectivity index (χ0) is 13.9. The third kappa shape index (κ3) is 3.20. The smallest absolute Gasteiger partial charge is 0.0639 e. The van der Waals surface area contributed by atoms with Crippen molar-refractivity contribution in [2.45, 2.75) is 26.0 Å². The number of piperazine rings is 1. The fourth-order valence-corrected chi connectivity index (χ4v) is 3.30. The van der Waals surface area contributed by atoms with Crippen LogP contribution in [0.25, 0.3) is 0 Å². The fourth-order valence-electron chi connectivity index (χ4n) is 3.30. The quantitative estimate of drug-likeness (QED) is 0.890. The summed E-state index contributed by atoms with van der Waals surface area (Å²) in [6, 6.07) is 8.80. The van der Waals surface area contributed by atoms with E-state index in [1.165, 1.54) is 11.1 Å². The van der Waals surface area contributed by atoms with Crippen molar-refractivity contribution in [3.05, 3.63) is 35.4 Å². The number of aliphatic hydroxyl groups excluding tert-OH is 1. The maximum Gasteiger partial charge on any atom is 0.0639 e. The lowest BCUT2D eigenvalue weighted by molar-refractivity contribution is -0.0711. The van der Waals surface area contributed by atoms with Crippen molar-refractivity contribution in [1.82, 2.24) is 14.9 Å². The van der Waals surface area contributed by atoms with Crippen LogP contribution in [-0.4, -0.2) is 65.4 Å². The Kier molecular flexibility index (Phi) is 4.36. The van der Waals surface area contributed by atoms with Crippen LogP contribution in [0, 0.1) is 0 Å². The van der Waals surface area contributed by atoms with Gasteiger partial charge in [-0.3, -0.25) is 4.90 Å². The van der Waals surface area contributed by atoms with Crippen LogP contribution in [0.1, 0.15) is 18.1 Å². The lowest BCUT2D eigenvalue weighted by atomic mass is 10.0. The molecular weight excluding hydrogens is 250 g/mol. The van der Waals surface area contributed by atoms with Gasteiger partial charge in [-0.1, -0.05) is 24.3 Å². The van der Waals surface area contributed by atoms with E-state index in [-0.39, 0.29) is 6.10 Å². The summed E-state index contributed by atoms with van der Waals surface area (Å²) in [6.07, 6.45) is 0.938. The molecule has 0 spiro atoms. The summed E-state index contributed by atoms with van der Waals surface area (Å²) in [4.78, 5) is 2.36. The van der Waals surface area contributed by atoms with Gasteiger partial charge < -0.3 is 5.11 Å². The molecule has 20 heavy (non-hydrogen) atoms. The van der Waals surface area contributed by atoms with Crippen LogP contribution in [-0.2, 0) is 13.0 Å². The standard InChI is InChI=1S/C16H25N3O/c1-14(20)12-17-8-10-18(11-9-17)19-7-6-15-4-2-3-5-16(15)13-19/h2-5,14,20H,6-13H2,1H3. The first kappa shape index (κ1) is 14.0. The van der Waals surface area contributed by atoms with Gasteiger partial charge >= 0.3 is 0 Å². The Morgan fingerprint density at radius 2 is 1.70 bits per heavy atom. The molecule has 1 aromatic carbocycles. The van der Waals surface area contributed by atoms with E-state index in [1.807, 2.05) is 6.92 Å². The number of aliphatic hydroxyl groups is 1. The highest BCUT2D eigenvalue weighted by atomic mass is 16.3. The van der Waals surface area contributed by atoms with Crippen molar-refractivity contribution >= 4 is 0 Å². The van der Waals surface area contributed by atoms with Gasteiger partial charge in [0.1, 0.15) is 0 Å². The molecule has 0 amide bonds. The summed E-state index contributed by atoms with van der Waals surface area (Å²) < 4.78 is 0. The molecule has 1 aromatic rings. The summed E-state index contributed by atoms with van der Waals surface area (Å²) in [6.45, 7) is 9.13. The molecule has 110 valence electrons. The lowest BCUT2D eigenvalue weighted by Gasteiger charge is -2.43. The SMILES string of the molecule is CC(O)CN1CCN(N2CCc3ccccc3C2)CC1. The molecule has 0 aromatic heterocycles. The topological polar surface area (TPSA) is 30.0 Å². The summed E-state index contributed by atoms with van der Waals surface area (Å²) >= 11 is 0. The van der Waals surface area contributed by atoms with Crippen LogP contribution in [0.2, 0.25) is 0 Å². The predicted molar refractivity (Wildman–Crippen MR) is 80.2 cm³/mol. The third-order valence-corrected chi connectivity index (χ3v) is 4.38. The minimum atomic E-state index is -0.219. The normalized spacial score (nSPS) is 23.5. The number of fused-ring (bicyclic) bond motifs is 1. The molecule has 1 atom stereocenters. The maximum absolute atomic E-state index is 9.46. The van der Waals surface area contributed by atoms with Crippen LogP contribution < -0.4 is 0 Å². The van der Waals surface area contributed by atoms with Gasteiger partial charge in [0.05, 0.1) is 6.10 Å². The maximum atomic E-state index is 9.46. The average Bonchev–Trinajstić information content (AvgIpc) is 2.47. The van der Waals surface area contributed by atoms with Crippen LogP contribution in [0.5, 0.6) is 0 Å². The van der Waals surface area contributed by atoms with Crippen LogP contribution in [0.3, 0.4) is 0 Å². The minimum Gasteiger partial charge on any atom is -0.392 e. The Morgan fingerprint density at radius 3 is 2.40 bits per heavy atom. The van der Waals surface area contributed by atoms with Crippen LogP contribution in [0.15, 0.2) is 24.3 Å². The Bertz CT molecular complexity index is 441. The summed E-state index contributed by atoms with van der Waals surface area (Å²) in [7, 11) is 0. The number of hydrazine groups is 1. The number of hydrogen-bond donors (Lipinski definition) is 1. The van der Waals surface area contributed by atoms with E-state index in [2.05, 4.69) is 39.2 Å². The molecule has 1 saturated heterocycles. The van der Waals surface area contributed by atoms with Gasteiger partial charge in [0, 0.05) is 45.8 Å². The van der Waals surface area contributed by atoms with Crippen molar-refractivity contribution in [1.29, 1.82) is 0 Å². The van der Waals surface area contributed by atoms with Crippen molar-refractivity contribution in [3.8, 4) is 0 Å². The molecule has 1 N–H and O–H groups in total. The number of nitrogens with zero attached hydrogens (tertiary/aromatic N) is 3. The first-order valence-electron chi connectivity index (χ1n) is 7.69. The highest BCUT2D eigenvalue weighted by molar-refractivity contribution is 5.28. The van der Waals surface area contributed by atoms with Gasteiger partial charge in [0.15, 0.2) is 0 Å². The molecular formula is C16H25N3O. The first-order valence-corrected chi connectivity index (χ1v) is 7.69. The minimum absolute atomic E-state index is 0.219. The summed E-state index contributed by atoms with van der Waals surface area (Å²) in [5.41, 5.74) is 2.99. The molecule has 0 aliphatic carbocycles. The monoisotopic (exact) mass is 275 g/mol.